The summed E-state index contributed by atoms with van der Waals surface area (Å²) in [7, 11) is 0. The molecule has 26 heavy (non-hydrogen) atoms. The van der Waals surface area contributed by atoms with E-state index in [4.69, 9.17) is 4.52 Å². The average molecular weight is 370 g/mol. The van der Waals surface area contributed by atoms with Gasteiger partial charge in [-0.3, -0.25) is 14.2 Å². The highest BCUT2D eigenvalue weighted by Gasteiger charge is 2.30. The molecule has 1 fully saturated rings. The number of para-hydroxylation sites is 1. The normalized spacial score (nSPS) is 15.2. The first-order valence-electron chi connectivity index (χ1n) is 8.45. The van der Waals surface area contributed by atoms with Crippen molar-refractivity contribution in [2.75, 3.05) is 5.32 Å². The molecule has 2 heterocycles. The molecule has 0 unspecified atom stereocenters. The van der Waals surface area contributed by atoms with Crippen molar-refractivity contribution in [1.82, 2.24) is 14.7 Å². The van der Waals surface area contributed by atoms with E-state index in [1.54, 1.807) is 30.5 Å². The van der Waals surface area contributed by atoms with Gasteiger partial charge >= 0.3 is 0 Å². The summed E-state index contributed by atoms with van der Waals surface area (Å²) in [4.78, 5) is 29.9. The van der Waals surface area contributed by atoms with Gasteiger partial charge in [0.2, 0.25) is 5.91 Å². The van der Waals surface area contributed by atoms with E-state index >= 15 is 0 Å². The number of carbonyl (C=O) groups excluding carboxylic acids is 1. The van der Waals surface area contributed by atoms with E-state index in [-0.39, 0.29) is 17.5 Å². The molecule has 1 atom stereocenters. The van der Waals surface area contributed by atoms with Crippen molar-refractivity contribution in [3.8, 4) is 0 Å². The summed E-state index contributed by atoms with van der Waals surface area (Å²) in [6, 6.07) is 9.14. The molecule has 1 aliphatic carbocycles. The van der Waals surface area contributed by atoms with Crippen LogP contribution in [0.3, 0.4) is 0 Å². The first kappa shape index (κ1) is 16.8. The van der Waals surface area contributed by atoms with Gasteiger partial charge in [0.05, 0.1) is 16.2 Å². The van der Waals surface area contributed by atoms with Crippen LogP contribution in [0.25, 0.3) is 10.9 Å². The molecule has 8 heteroatoms. The quantitative estimate of drug-likeness (QED) is 0.548. The maximum atomic E-state index is 12.9. The zero-order valence-corrected chi connectivity index (χ0v) is 15.2. The lowest BCUT2D eigenvalue weighted by Gasteiger charge is -2.15. The van der Waals surface area contributed by atoms with Crippen LogP contribution in [0, 0.1) is 6.92 Å². The lowest BCUT2D eigenvalue weighted by molar-refractivity contribution is -0.115. The highest BCUT2D eigenvalue weighted by atomic mass is 32.2. The van der Waals surface area contributed by atoms with Crippen LogP contribution in [0.5, 0.6) is 0 Å². The van der Waals surface area contributed by atoms with Crippen molar-refractivity contribution >= 4 is 34.4 Å². The molecule has 1 amide bonds. The SMILES string of the molecule is Cc1cc(NC(=O)[C@H](C)Sc2nc3ccccc3c(=O)n2C2CC2)no1. The number of hydrogen-bond donors (Lipinski definition) is 1. The minimum atomic E-state index is -0.440. The van der Waals surface area contributed by atoms with Crippen LogP contribution in [0.1, 0.15) is 31.6 Å². The second kappa shape index (κ2) is 6.60. The Morgan fingerprint density at radius 1 is 1.38 bits per heavy atom. The van der Waals surface area contributed by atoms with Gasteiger partial charge in [0, 0.05) is 12.1 Å². The van der Waals surface area contributed by atoms with Gasteiger partial charge in [0.25, 0.3) is 5.56 Å². The van der Waals surface area contributed by atoms with Crippen molar-refractivity contribution < 1.29 is 9.32 Å². The summed E-state index contributed by atoms with van der Waals surface area (Å²) < 4.78 is 6.69. The van der Waals surface area contributed by atoms with Gasteiger partial charge in [-0.25, -0.2) is 4.98 Å². The van der Waals surface area contributed by atoms with Crippen molar-refractivity contribution in [3.63, 3.8) is 0 Å². The molecular weight excluding hydrogens is 352 g/mol. The lowest BCUT2D eigenvalue weighted by atomic mass is 10.2. The molecule has 1 aromatic carbocycles. The van der Waals surface area contributed by atoms with E-state index < -0.39 is 5.25 Å². The summed E-state index contributed by atoms with van der Waals surface area (Å²) in [6.45, 7) is 3.54. The third-order valence-electron chi connectivity index (χ3n) is 4.22. The fourth-order valence-corrected chi connectivity index (χ4v) is 3.71. The first-order valence-corrected chi connectivity index (χ1v) is 9.33. The number of anilines is 1. The molecule has 3 aromatic rings. The average Bonchev–Trinajstić information content (AvgIpc) is 3.37. The molecule has 2 aromatic heterocycles. The molecule has 0 bridgehead atoms. The van der Waals surface area contributed by atoms with Crippen molar-refractivity contribution in [1.29, 1.82) is 0 Å². The number of hydrogen-bond acceptors (Lipinski definition) is 6. The van der Waals surface area contributed by atoms with Crippen molar-refractivity contribution in [2.45, 2.75) is 43.1 Å². The summed E-state index contributed by atoms with van der Waals surface area (Å²) in [5.74, 6) is 0.790. The maximum Gasteiger partial charge on any atom is 0.262 e. The highest BCUT2D eigenvalue weighted by Crippen LogP contribution is 2.37. The standard InChI is InChI=1S/C18H18N4O3S/c1-10-9-15(21-25-10)20-16(23)11(2)26-18-19-14-6-4-3-5-13(14)17(24)22(18)12-7-8-12/h3-6,9,11-12H,7-8H2,1-2H3,(H,20,21,23)/t11-/m0/s1. The summed E-state index contributed by atoms with van der Waals surface area (Å²) in [5.41, 5.74) is 0.608. The molecule has 1 N–H and O–H groups in total. The second-order valence-corrected chi connectivity index (χ2v) is 7.70. The summed E-state index contributed by atoms with van der Waals surface area (Å²) in [5, 5.41) is 7.24. The minimum absolute atomic E-state index is 0.0414. The monoisotopic (exact) mass is 370 g/mol. The Hall–Kier alpha value is -2.61. The Labute approximate surface area is 153 Å². The lowest BCUT2D eigenvalue weighted by Crippen LogP contribution is -2.26. The predicted molar refractivity (Wildman–Crippen MR) is 99.5 cm³/mol. The number of carbonyl (C=O) groups is 1. The van der Waals surface area contributed by atoms with E-state index in [9.17, 15) is 9.59 Å². The Morgan fingerprint density at radius 2 is 2.15 bits per heavy atom. The number of amides is 1. The molecule has 0 aliphatic heterocycles. The van der Waals surface area contributed by atoms with E-state index in [1.165, 1.54) is 11.8 Å². The van der Waals surface area contributed by atoms with Crippen LogP contribution in [0.2, 0.25) is 0 Å². The van der Waals surface area contributed by atoms with Gasteiger partial charge in [0.15, 0.2) is 11.0 Å². The van der Waals surface area contributed by atoms with E-state index in [1.807, 2.05) is 18.2 Å². The largest absolute Gasteiger partial charge is 0.360 e. The number of benzene rings is 1. The highest BCUT2D eigenvalue weighted by molar-refractivity contribution is 8.00. The Kier molecular flexibility index (Phi) is 4.28. The third kappa shape index (κ3) is 3.24. The van der Waals surface area contributed by atoms with Gasteiger partial charge in [-0.2, -0.15) is 0 Å². The molecular formula is C18H18N4O3S. The van der Waals surface area contributed by atoms with Gasteiger partial charge < -0.3 is 9.84 Å². The van der Waals surface area contributed by atoms with E-state index in [0.29, 0.717) is 27.6 Å². The molecule has 134 valence electrons. The summed E-state index contributed by atoms with van der Waals surface area (Å²) >= 11 is 1.28. The third-order valence-corrected chi connectivity index (χ3v) is 5.28. The van der Waals surface area contributed by atoms with Gasteiger partial charge in [-0.05, 0) is 38.8 Å². The van der Waals surface area contributed by atoms with Crippen LogP contribution in [-0.2, 0) is 4.79 Å². The van der Waals surface area contributed by atoms with Gasteiger partial charge in [0.1, 0.15) is 5.76 Å². The zero-order chi connectivity index (χ0) is 18.3. The number of aromatic nitrogens is 3. The van der Waals surface area contributed by atoms with Gasteiger partial charge in [-0.1, -0.05) is 29.1 Å². The van der Waals surface area contributed by atoms with Crippen LogP contribution in [0.15, 0.2) is 44.8 Å². The van der Waals surface area contributed by atoms with Crippen LogP contribution in [0.4, 0.5) is 5.82 Å². The zero-order valence-electron chi connectivity index (χ0n) is 14.4. The number of aryl methyl sites for hydroxylation is 1. The smallest absolute Gasteiger partial charge is 0.262 e. The fourth-order valence-electron chi connectivity index (χ4n) is 2.73. The Morgan fingerprint density at radius 3 is 2.85 bits per heavy atom. The molecule has 0 saturated heterocycles. The molecule has 7 nitrogen and oxygen atoms in total. The van der Waals surface area contributed by atoms with Crippen molar-refractivity contribution in [2.24, 2.45) is 0 Å². The minimum Gasteiger partial charge on any atom is -0.360 e. The number of nitrogens with zero attached hydrogens (tertiary/aromatic N) is 3. The predicted octanol–water partition coefficient (Wildman–Crippen LogP) is 3.15. The second-order valence-electron chi connectivity index (χ2n) is 6.39. The van der Waals surface area contributed by atoms with E-state index in [2.05, 4.69) is 15.5 Å². The molecule has 0 spiro atoms. The van der Waals surface area contributed by atoms with Crippen LogP contribution < -0.4 is 10.9 Å². The molecule has 1 aliphatic rings. The molecule has 0 radical (unpaired) electrons. The topological polar surface area (TPSA) is 90.0 Å². The maximum absolute atomic E-state index is 12.9. The van der Waals surface area contributed by atoms with E-state index in [0.717, 1.165) is 12.8 Å². The number of rotatable bonds is 5. The Balaban J connectivity index is 1.62. The number of nitrogens with one attached hydrogen (secondary N) is 1. The van der Waals surface area contributed by atoms with Gasteiger partial charge in [-0.15, -0.1) is 0 Å². The van der Waals surface area contributed by atoms with Crippen molar-refractivity contribution in [3.05, 3.63) is 46.4 Å². The number of fused-ring (bicyclic) bond motifs is 1. The summed E-state index contributed by atoms with van der Waals surface area (Å²) in [6.07, 6.45) is 1.93. The first-order chi connectivity index (χ1) is 12.5. The fraction of sp³-hybridized carbons (Fsp3) is 0.333. The molecule has 1 saturated carbocycles. The molecule has 4 rings (SSSR count). The number of thioether (sulfide) groups is 1. The van der Waals surface area contributed by atoms with Crippen LogP contribution >= 0.6 is 11.8 Å². The van der Waals surface area contributed by atoms with Crippen LogP contribution in [-0.4, -0.2) is 25.9 Å². The Bertz CT molecular complexity index is 1040.